The molecule has 1 aromatic heterocycles. The molecule has 138 valence electrons. The fraction of sp³-hybridized carbons (Fsp3) is 0.0435. The minimum absolute atomic E-state index is 0.0915. The highest BCUT2D eigenvalue weighted by Gasteiger charge is 2.04. The average Bonchev–Trinajstić information content (AvgIpc) is 3.29. The van der Waals surface area contributed by atoms with Gasteiger partial charge in [-0.2, -0.15) is 0 Å². The maximum absolute atomic E-state index is 12.2. The molecular formula is C23H20N4O. The number of imidazole rings is 1. The summed E-state index contributed by atoms with van der Waals surface area (Å²) in [5.41, 5.74) is 4.96. The molecule has 0 bridgehead atoms. The van der Waals surface area contributed by atoms with E-state index >= 15 is 0 Å². The number of rotatable bonds is 6. The SMILES string of the molecule is O=C(CNc1ccc(-n2ccnc2)cc1)Nc1ccc(-c2ccccc2)cc1. The molecule has 0 spiro atoms. The van der Waals surface area contributed by atoms with E-state index in [0.717, 1.165) is 28.2 Å². The summed E-state index contributed by atoms with van der Waals surface area (Å²) in [6.07, 6.45) is 5.38. The van der Waals surface area contributed by atoms with Crippen molar-refractivity contribution in [3.8, 4) is 16.8 Å². The smallest absolute Gasteiger partial charge is 0.243 e. The zero-order valence-electron chi connectivity index (χ0n) is 15.2. The Hall–Kier alpha value is -3.86. The fourth-order valence-corrected chi connectivity index (χ4v) is 2.93. The maximum atomic E-state index is 12.2. The first kappa shape index (κ1) is 17.5. The summed E-state index contributed by atoms with van der Waals surface area (Å²) < 4.78 is 1.93. The monoisotopic (exact) mass is 368 g/mol. The molecular weight excluding hydrogens is 348 g/mol. The Balaban J connectivity index is 1.31. The summed E-state index contributed by atoms with van der Waals surface area (Å²) in [6.45, 7) is 0.199. The normalized spacial score (nSPS) is 10.4. The molecule has 0 saturated heterocycles. The molecule has 1 heterocycles. The Bertz CT molecular complexity index is 1020. The highest BCUT2D eigenvalue weighted by atomic mass is 16.1. The van der Waals surface area contributed by atoms with Gasteiger partial charge in [-0.3, -0.25) is 4.79 Å². The molecule has 0 aliphatic heterocycles. The van der Waals surface area contributed by atoms with E-state index in [1.165, 1.54) is 0 Å². The molecule has 0 fully saturated rings. The molecule has 4 rings (SSSR count). The summed E-state index contributed by atoms with van der Waals surface area (Å²) in [5, 5.41) is 6.05. The van der Waals surface area contributed by atoms with E-state index in [4.69, 9.17) is 0 Å². The van der Waals surface area contributed by atoms with Gasteiger partial charge >= 0.3 is 0 Å². The van der Waals surface area contributed by atoms with Gasteiger partial charge in [0.1, 0.15) is 0 Å². The van der Waals surface area contributed by atoms with Crippen LogP contribution in [0.5, 0.6) is 0 Å². The first-order chi connectivity index (χ1) is 13.8. The number of carbonyl (C=O) groups excluding carboxylic acids is 1. The van der Waals surface area contributed by atoms with Gasteiger partial charge in [0.25, 0.3) is 0 Å². The number of hydrogen-bond acceptors (Lipinski definition) is 3. The highest BCUT2D eigenvalue weighted by Crippen LogP contribution is 2.21. The number of nitrogens with zero attached hydrogens (tertiary/aromatic N) is 2. The van der Waals surface area contributed by atoms with E-state index in [1.807, 2.05) is 77.5 Å². The van der Waals surface area contributed by atoms with Crippen molar-refractivity contribution >= 4 is 17.3 Å². The minimum atomic E-state index is -0.0915. The Kier molecular flexibility index (Phi) is 5.15. The lowest BCUT2D eigenvalue weighted by Gasteiger charge is -2.09. The maximum Gasteiger partial charge on any atom is 0.243 e. The van der Waals surface area contributed by atoms with Crippen molar-refractivity contribution in [2.45, 2.75) is 0 Å². The third-order valence-corrected chi connectivity index (χ3v) is 4.40. The molecule has 5 nitrogen and oxygen atoms in total. The molecule has 3 aromatic carbocycles. The number of carbonyl (C=O) groups is 1. The molecule has 1 amide bonds. The second-order valence-electron chi connectivity index (χ2n) is 6.36. The zero-order valence-corrected chi connectivity index (χ0v) is 15.2. The van der Waals surface area contributed by atoms with Crippen LogP contribution >= 0.6 is 0 Å². The topological polar surface area (TPSA) is 59.0 Å². The number of benzene rings is 3. The molecule has 2 N–H and O–H groups in total. The van der Waals surface area contributed by atoms with E-state index in [-0.39, 0.29) is 12.5 Å². The Morgan fingerprint density at radius 1 is 0.821 bits per heavy atom. The van der Waals surface area contributed by atoms with E-state index in [9.17, 15) is 4.79 Å². The van der Waals surface area contributed by atoms with Gasteiger partial charge in [0.05, 0.1) is 12.9 Å². The molecule has 4 aromatic rings. The summed E-state index contributed by atoms with van der Waals surface area (Å²) in [5.74, 6) is -0.0915. The van der Waals surface area contributed by atoms with Crippen molar-refractivity contribution in [1.29, 1.82) is 0 Å². The summed E-state index contributed by atoms with van der Waals surface area (Å²) in [7, 11) is 0. The lowest BCUT2D eigenvalue weighted by Crippen LogP contribution is -2.21. The van der Waals surface area contributed by atoms with Crippen molar-refractivity contribution in [3.05, 3.63) is 97.6 Å². The summed E-state index contributed by atoms with van der Waals surface area (Å²) in [6, 6.07) is 25.8. The van der Waals surface area contributed by atoms with Crippen LogP contribution in [0.4, 0.5) is 11.4 Å². The molecule has 0 atom stereocenters. The predicted octanol–water partition coefficient (Wildman–Crippen LogP) is 4.59. The predicted molar refractivity (Wildman–Crippen MR) is 113 cm³/mol. The number of amides is 1. The highest BCUT2D eigenvalue weighted by molar-refractivity contribution is 5.94. The third-order valence-electron chi connectivity index (χ3n) is 4.40. The first-order valence-electron chi connectivity index (χ1n) is 9.05. The Morgan fingerprint density at radius 3 is 2.18 bits per heavy atom. The van der Waals surface area contributed by atoms with Crippen LogP contribution in [0.2, 0.25) is 0 Å². The van der Waals surface area contributed by atoms with Gasteiger partial charge in [0.15, 0.2) is 0 Å². The van der Waals surface area contributed by atoms with Gasteiger partial charge in [0, 0.05) is 29.5 Å². The zero-order chi connectivity index (χ0) is 19.2. The van der Waals surface area contributed by atoms with Gasteiger partial charge in [-0.25, -0.2) is 4.98 Å². The minimum Gasteiger partial charge on any atom is -0.376 e. The van der Waals surface area contributed by atoms with Gasteiger partial charge in [-0.1, -0.05) is 42.5 Å². The fourth-order valence-electron chi connectivity index (χ4n) is 2.93. The lowest BCUT2D eigenvalue weighted by atomic mass is 10.1. The Morgan fingerprint density at radius 2 is 1.50 bits per heavy atom. The average molecular weight is 368 g/mol. The van der Waals surface area contributed by atoms with Crippen LogP contribution in [0.1, 0.15) is 0 Å². The number of hydrogen-bond donors (Lipinski definition) is 2. The molecule has 0 aliphatic carbocycles. The first-order valence-corrected chi connectivity index (χ1v) is 9.05. The second-order valence-corrected chi connectivity index (χ2v) is 6.36. The summed E-state index contributed by atoms with van der Waals surface area (Å²) in [4.78, 5) is 16.2. The van der Waals surface area contributed by atoms with E-state index in [0.29, 0.717) is 0 Å². The molecule has 0 radical (unpaired) electrons. The molecule has 0 aliphatic rings. The van der Waals surface area contributed by atoms with Crippen LogP contribution in [0, 0.1) is 0 Å². The molecule has 5 heteroatoms. The van der Waals surface area contributed by atoms with Gasteiger partial charge < -0.3 is 15.2 Å². The summed E-state index contributed by atoms with van der Waals surface area (Å²) >= 11 is 0. The van der Waals surface area contributed by atoms with Gasteiger partial charge in [-0.05, 0) is 47.5 Å². The van der Waals surface area contributed by atoms with Crippen molar-refractivity contribution in [2.24, 2.45) is 0 Å². The van der Waals surface area contributed by atoms with Gasteiger partial charge in [-0.15, -0.1) is 0 Å². The third kappa shape index (κ3) is 4.27. The standard InChI is InChI=1S/C23H20N4O/c28-23(16-25-20-10-12-22(13-11-20)27-15-14-24-17-27)26-21-8-6-19(7-9-21)18-4-2-1-3-5-18/h1-15,17,25H,16H2,(H,26,28). The number of anilines is 2. The van der Waals surface area contributed by atoms with E-state index in [1.54, 1.807) is 12.5 Å². The van der Waals surface area contributed by atoms with Gasteiger partial charge in [0.2, 0.25) is 5.91 Å². The molecule has 0 saturated carbocycles. The number of aromatic nitrogens is 2. The lowest BCUT2D eigenvalue weighted by molar-refractivity contribution is -0.114. The Labute approximate surface area is 163 Å². The van der Waals surface area contributed by atoms with Crippen molar-refractivity contribution in [1.82, 2.24) is 9.55 Å². The molecule has 0 unspecified atom stereocenters. The second kappa shape index (κ2) is 8.22. The van der Waals surface area contributed by atoms with Crippen LogP contribution in [0.3, 0.4) is 0 Å². The molecule has 28 heavy (non-hydrogen) atoms. The van der Waals surface area contributed by atoms with Crippen LogP contribution in [-0.4, -0.2) is 22.0 Å². The quantitative estimate of drug-likeness (QED) is 0.523. The van der Waals surface area contributed by atoms with E-state index in [2.05, 4.69) is 27.8 Å². The van der Waals surface area contributed by atoms with Crippen molar-refractivity contribution < 1.29 is 4.79 Å². The largest absolute Gasteiger partial charge is 0.376 e. The van der Waals surface area contributed by atoms with E-state index < -0.39 is 0 Å². The van der Waals surface area contributed by atoms with Crippen molar-refractivity contribution in [3.63, 3.8) is 0 Å². The van der Waals surface area contributed by atoms with Crippen molar-refractivity contribution in [2.75, 3.05) is 17.2 Å². The van der Waals surface area contributed by atoms with Crippen LogP contribution in [0.25, 0.3) is 16.8 Å². The number of nitrogens with one attached hydrogen (secondary N) is 2. The van der Waals surface area contributed by atoms with Crippen LogP contribution in [0.15, 0.2) is 97.6 Å². The van der Waals surface area contributed by atoms with Crippen LogP contribution < -0.4 is 10.6 Å². The van der Waals surface area contributed by atoms with Crippen LogP contribution in [-0.2, 0) is 4.79 Å².